The number of aryl methyl sites for hydroxylation is 2. The smallest absolute Gasteiger partial charge is 0.112 e. The van der Waals surface area contributed by atoms with Crippen molar-refractivity contribution in [3.63, 3.8) is 0 Å². The van der Waals surface area contributed by atoms with Crippen LogP contribution in [0.1, 0.15) is 27.9 Å². The van der Waals surface area contributed by atoms with Crippen molar-refractivity contribution in [3.05, 3.63) is 45.4 Å². The molecular weight excluding hydrogens is 242 g/mol. The molecule has 0 saturated heterocycles. The first-order valence-electron chi connectivity index (χ1n) is 5.91. The molecule has 0 aliphatic carbocycles. The number of thiazole rings is 1. The summed E-state index contributed by atoms with van der Waals surface area (Å²) in [6, 6.07) is 8.05. The van der Waals surface area contributed by atoms with Crippen LogP contribution in [0.5, 0.6) is 0 Å². The second-order valence-electron chi connectivity index (χ2n) is 4.09. The molecule has 1 aromatic carbocycles. The topological polar surface area (TPSA) is 48.7 Å². The summed E-state index contributed by atoms with van der Waals surface area (Å²) in [6.07, 6.45) is 2.94. The van der Waals surface area contributed by atoms with Crippen molar-refractivity contribution in [1.29, 1.82) is 5.26 Å². The zero-order valence-electron chi connectivity index (χ0n) is 10.5. The number of hydrogen-bond donors (Lipinski definition) is 1. The molecule has 0 radical (unpaired) electrons. The predicted octanol–water partition coefficient (Wildman–Crippen LogP) is 3.50. The van der Waals surface area contributed by atoms with E-state index in [9.17, 15) is 0 Å². The SMILES string of the molecule is CCc1cnc(CNc2ccc(C)cc2C#N)s1. The second kappa shape index (κ2) is 5.65. The van der Waals surface area contributed by atoms with E-state index in [2.05, 4.69) is 23.3 Å². The lowest BCUT2D eigenvalue weighted by Gasteiger charge is -2.06. The molecule has 18 heavy (non-hydrogen) atoms. The number of nitrogens with one attached hydrogen (secondary N) is 1. The van der Waals surface area contributed by atoms with Gasteiger partial charge in [-0.05, 0) is 31.0 Å². The van der Waals surface area contributed by atoms with E-state index in [4.69, 9.17) is 5.26 Å². The van der Waals surface area contributed by atoms with Crippen LogP contribution in [0.4, 0.5) is 5.69 Å². The standard InChI is InChI=1S/C14H15N3S/c1-3-12-8-17-14(18-12)9-16-13-5-4-10(2)6-11(13)7-15/h4-6,8,16H,3,9H2,1-2H3. The molecule has 3 nitrogen and oxygen atoms in total. The molecule has 0 aliphatic heterocycles. The van der Waals surface area contributed by atoms with Crippen LogP contribution in [0.3, 0.4) is 0 Å². The van der Waals surface area contributed by atoms with E-state index in [1.165, 1.54) is 4.88 Å². The van der Waals surface area contributed by atoms with Crippen LogP contribution < -0.4 is 5.32 Å². The van der Waals surface area contributed by atoms with Crippen LogP contribution in [0, 0.1) is 18.3 Å². The van der Waals surface area contributed by atoms with Crippen LogP contribution >= 0.6 is 11.3 Å². The summed E-state index contributed by atoms with van der Waals surface area (Å²) in [5.41, 5.74) is 2.65. The summed E-state index contributed by atoms with van der Waals surface area (Å²) < 4.78 is 0. The Morgan fingerprint density at radius 2 is 2.28 bits per heavy atom. The Morgan fingerprint density at radius 1 is 1.44 bits per heavy atom. The van der Waals surface area contributed by atoms with Gasteiger partial charge >= 0.3 is 0 Å². The highest BCUT2D eigenvalue weighted by Gasteiger charge is 2.04. The van der Waals surface area contributed by atoms with Gasteiger partial charge in [-0.2, -0.15) is 5.26 Å². The number of aromatic nitrogens is 1. The highest BCUT2D eigenvalue weighted by molar-refractivity contribution is 7.11. The van der Waals surface area contributed by atoms with Gasteiger partial charge in [0.2, 0.25) is 0 Å². The Labute approximate surface area is 111 Å². The molecule has 4 heteroatoms. The van der Waals surface area contributed by atoms with E-state index in [-0.39, 0.29) is 0 Å². The first-order valence-corrected chi connectivity index (χ1v) is 6.72. The number of benzene rings is 1. The minimum Gasteiger partial charge on any atom is -0.377 e. The summed E-state index contributed by atoms with van der Waals surface area (Å²) in [5.74, 6) is 0. The van der Waals surface area contributed by atoms with E-state index < -0.39 is 0 Å². The van der Waals surface area contributed by atoms with Crippen molar-refractivity contribution >= 4 is 17.0 Å². The lowest BCUT2D eigenvalue weighted by Crippen LogP contribution is -2.00. The number of hydrogen-bond acceptors (Lipinski definition) is 4. The fourth-order valence-electron chi connectivity index (χ4n) is 1.67. The summed E-state index contributed by atoms with van der Waals surface area (Å²) in [7, 11) is 0. The van der Waals surface area contributed by atoms with Crippen molar-refractivity contribution in [2.75, 3.05) is 5.32 Å². The van der Waals surface area contributed by atoms with Crippen molar-refractivity contribution < 1.29 is 0 Å². The van der Waals surface area contributed by atoms with E-state index >= 15 is 0 Å². The van der Waals surface area contributed by atoms with Gasteiger partial charge in [-0.15, -0.1) is 11.3 Å². The van der Waals surface area contributed by atoms with E-state index in [1.807, 2.05) is 31.3 Å². The number of nitriles is 1. The van der Waals surface area contributed by atoms with Gasteiger partial charge in [0.1, 0.15) is 11.1 Å². The molecule has 2 aromatic rings. The minimum atomic E-state index is 0.669. The minimum absolute atomic E-state index is 0.669. The van der Waals surface area contributed by atoms with Gasteiger partial charge in [0.05, 0.1) is 17.8 Å². The molecule has 0 atom stereocenters. The molecule has 0 saturated carbocycles. The largest absolute Gasteiger partial charge is 0.377 e. The van der Waals surface area contributed by atoms with Gasteiger partial charge in [-0.1, -0.05) is 13.0 Å². The molecule has 0 amide bonds. The molecular formula is C14H15N3S. The van der Waals surface area contributed by atoms with Crippen molar-refractivity contribution in [2.24, 2.45) is 0 Å². The van der Waals surface area contributed by atoms with Gasteiger partial charge in [0, 0.05) is 11.1 Å². The third-order valence-electron chi connectivity index (χ3n) is 2.68. The number of anilines is 1. The van der Waals surface area contributed by atoms with Gasteiger partial charge < -0.3 is 5.32 Å². The van der Waals surface area contributed by atoms with Gasteiger partial charge in [-0.25, -0.2) is 4.98 Å². The van der Waals surface area contributed by atoms with Crippen molar-refractivity contribution in [3.8, 4) is 6.07 Å². The van der Waals surface area contributed by atoms with E-state index in [0.717, 1.165) is 22.7 Å². The molecule has 0 fully saturated rings. The molecule has 1 heterocycles. The number of nitrogens with zero attached hydrogens (tertiary/aromatic N) is 2. The van der Waals surface area contributed by atoms with Crippen molar-refractivity contribution in [2.45, 2.75) is 26.8 Å². The third kappa shape index (κ3) is 2.88. The molecule has 0 unspecified atom stereocenters. The quantitative estimate of drug-likeness (QED) is 0.912. The maximum Gasteiger partial charge on any atom is 0.112 e. The highest BCUT2D eigenvalue weighted by Crippen LogP contribution is 2.19. The molecule has 92 valence electrons. The van der Waals surface area contributed by atoms with E-state index in [1.54, 1.807) is 11.3 Å². The van der Waals surface area contributed by atoms with Gasteiger partial charge in [0.15, 0.2) is 0 Å². The Morgan fingerprint density at radius 3 is 2.94 bits per heavy atom. The molecule has 0 aliphatic rings. The lowest BCUT2D eigenvalue weighted by molar-refractivity contribution is 1.09. The summed E-state index contributed by atoms with van der Waals surface area (Å²) in [4.78, 5) is 5.64. The summed E-state index contributed by atoms with van der Waals surface area (Å²) in [6.45, 7) is 4.78. The zero-order chi connectivity index (χ0) is 13.0. The maximum atomic E-state index is 9.08. The summed E-state index contributed by atoms with van der Waals surface area (Å²) >= 11 is 1.71. The molecule has 0 spiro atoms. The Bertz CT molecular complexity index is 581. The van der Waals surface area contributed by atoms with E-state index in [0.29, 0.717) is 12.1 Å². The second-order valence-corrected chi connectivity index (χ2v) is 5.29. The van der Waals surface area contributed by atoms with Crippen LogP contribution in [-0.4, -0.2) is 4.98 Å². The molecule has 0 bridgehead atoms. The lowest BCUT2D eigenvalue weighted by atomic mass is 10.1. The molecule has 1 aromatic heterocycles. The first-order chi connectivity index (χ1) is 8.72. The fraction of sp³-hybridized carbons (Fsp3) is 0.286. The Kier molecular flexibility index (Phi) is 3.96. The zero-order valence-corrected chi connectivity index (χ0v) is 11.3. The number of rotatable bonds is 4. The first kappa shape index (κ1) is 12.6. The fourth-order valence-corrected chi connectivity index (χ4v) is 2.47. The van der Waals surface area contributed by atoms with Gasteiger partial charge in [0.25, 0.3) is 0 Å². The van der Waals surface area contributed by atoms with Crippen molar-refractivity contribution in [1.82, 2.24) is 4.98 Å². The maximum absolute atomic E-state index is 9.08. The summed E-state index contributed by atoms with van der Waals surface area (Å²) in [5, 5.41) is 13.4. The average molecular weight is 257 g/mol. The predicted molar refractivity (Wildman–Crippen MR) is 74.7 cm³/mol. The average Bonchev–Trinajstić information content (AvgIpc) is 2.85. The van der Waals surface area contributed by atoms with Crippen LogP contribution in [0.2, 0.25) is 0 Å². The normalized spacial score (nSPS) is 10.1. The van der Waals surface area contributed by atoms with Crippen LogP contribution in [0.25, 0.3) is 0 Å². The Balaban J connectivity index is 2.08. The van der Waals surface area contributed by atoms with Crippen LogP contribution in [-0.2, 0) is 13.0 Å². The third-order valence-corrected chi connectivity index (χ3v) is 3.82. The monoisotopic (exact) mass is 257 g/mol. The molecule has 2 rings (SSSR count). The Hall–Kier alpha value is -1.86. The van der Waals surface area contributed by atoms with Gasteiger partial charge in [-0.3, -0.25) is 0 Å². The highest BCUT2D eigenvalue weighted by atomic mass is 32.1. The molecule has 1 N–H and O–H groups in total. The van der Waals surface area contributed by atoms with Crippen LogP contribution in [0.15, 0.2) is 24.4 Å².